The van der Waals surface area contributed by atoms with Crippen molar-refractivity contribution in [2.75, 3.05) is 0 Å². The van der Waals surface area contributed by atoms with E-state index in [1.54, 1.807) is 80.2 Å². The average Bonchev–Trinajstić information content (AvgIpc) is 3.80. The minimum absolute atomic E-state index is 0.0884. The normalized spacial score (nSPS) is 10.4. The largest absolute Gasteiger partial charge is 0.192 e. The number of hydrogen-bond donors (Lipinski definition) is 0. The van der Waals surface area contributed by atoms with Gasteiger partial charge in [-0.05, 0) is 59.3 Å². The van der Waals surface area contributed by atoms with Gasteiger partial charge < -0.3 is 0 Å². The summed E-state index contributed by atoms with van der Waals surface area (Å²) in [5, 5.41) is 41.0. The molecule has 6 aromatic heterocycles. The molecule has 188 valence electrons. The Kier molecular flexibility index (Phi) is 7.30. The van der Waals surface area contributed by atoms with Crippen LogP contribution in [0.25, 0.3) is 61.9 Å². The summed E-state index contributed by atoms with van der Waals surface area (Å²) in [6, 6.07) is 24.3. The molecule has 0 N–H and O–H groups in total. The summed E-state index contributed by atoms with van der Waals surface area (Å²) < 4.78 is 2.45. The third kappa shape index (κ3) is 4.75. The Labute approximate surface area is 253 Å². The molecular formula is C30H12N4S6. The average molecular weight is 621 g/mol. The van der Waals surface area contributed by atoms with Gasteiger partial charge in [0.1, 0.15) is 35.4 Å². The highest BCUT2D eigenvalue weighted by molar-refractivity contribution is 7.36. The maximum Gasteiger partial charge on any atom is 0.131 e. The molecule has 0 radical (unpaired) electrons. The van der Waals surface area contributed by atoms with E-state index in [0.29, 0.717) is 0 Å². The fourth-order valence-electron chi connectivity index (χ4n) is 4.14. The van der Waals surface area contributed by atoms with Crippen molar-refractivity contribution in [1.29, 1.82) is 21.0 Å². The second-order valence-corrected chi connectivity index (χ2v) is 14.4. The highest BCUT2D eigenvalue weighted by Gasteiger charge is 2.26. The van der Waals surface area contributed by atoms with Gasteiger partial charge in [0.15, 0.2) is 0 Å². The third-order valence-corrected chi connectivity index (χ3v) is 12.6. The van der Waals surface area contributed by atoms with Crippen molar-refractivity contribution in [3.63, 3.8) is 0 Å². The molecule has 0 amide bonds. The van der Waals surface area contributed by atoms with Crippen molar-refractivity contribution < 1.29 is 0 Å². The second kappa shape index (κ2) is 11.2. The lowest BCUT2D eigenvalue weighted by molar-refractivity contribution is 1.47. The Morgan fingerprint density at radius 3 is 1.30 bits per heavy atom. The molecule has 6 heterocycles. The van der Waals surface area contributed by atoms with E-state index in [1.165, 1.54) is 40.0 Å². The van der Waals surface area contributed by atoms with Crippen LogP contribution in [-0.2, 0) is 0 Å². The first-order valence-electron chi connectivity index (χ1n) is 11.5. The van der Waals surface area contributed by atoms with E-state index in [1.807, 2.05) is 36.4 Å². The minimum Gasteiger partial charge on any atom is -0.192 e. The molecule has 0 aliphatic heterocycles. The molecule has 0 spiro atoms. The van der Waals surface area contributed by atoms with Crippen LogP contribution in [-0.4, -0.2) is 0 Å². The van der Waals surface area contributed by atoms with Gasteiger partial charge >= 0.3 is 0 Å². The molecule has 0 aliphatic rings. The smallest absolute Gasteiger partial charge is 0.131 e. The predicted molar refractivity (Wildman–Crippen MR) is 171 cm³/mol. The van der Waals surface area contributed by atoms with Crippen molar-refractivity contribution in [2.24, 2.45) is 0 Å². The van der Waals surface area contributed by atoms with Crippen LogP contribution >= 0.6 is 68.0 Å². The lowest BCUT2D eigenvalue weighted by atomic mass is 10.1. The van der Waals surface area contributed by atoms with E-state index in [-0.39, 0.29) is 11.1 Å². The first kappa shape index (κ1) is 26.1. The zero-order chi connectivity index (χ0) is 27.6. The topological polar surface area (TPSA) is 95.2 Å². The molecule has 0 saturated carbocycles. The second-order valence-electron chi connectivity index (χ2n) is 8.19. The standard InChI is InChI=1S/C30H12N4S6/c31-13-17(14-32)11-19-5-7-23(37-19)27-25(21-3-1-9-35-21)29-30(39-27)26(22-4-2-10-36-22)28(40-29)24-8-6-20(38-24)12-18(15-33)16-34/h1-12H. The Morgan fingerprint density at radius 1 is 0.525 bits per heavy atom. The molecule has 40 heavy (non-hydrogen) atoms. The van der Waals surface area contributed by atoms with E-state index in [2.05, 4.69) is 47.2 Å². The summed E-state index contributed by atoms with van der Waals surface area (Å²) >= 11 is 10.1. The Morgan fingerprint density at radius 2 is 0.950 bits per heavy atom. The molecule has 0 atom stereocenters. The zero-order valence-corrected chi connectivity index (χ0v) is 25.1. The summed E-state index contributed by atoms with van der Waals surface area (Å²) in [6.07, 6.45) is 3.27. The molecular weight excluding hydrogens is 609 g/mol. The molecule has 0 saturated heterocycles. The lowest BCUT2D eigenvalue weighted by Gasteiger charge is -2.02. The number of rotatable bonds is 6. The van der Waals surface area contributed by atoms with Gasteiger partial charge in [-0.15, -0.1) is 68.0 Å². The van der Waals surface area contributed by atoms with E-state index in [4.69, 9.17) is 0 Å². The number of nitriles is 4. The zero-order valence-electron chi connectivity index (χ0n) is 20.2. The van der Waals surface area contributed by atoms with Crippen molar-refractivity contribution in [2.45, 2.75) is 0 Å². The number of fused-ring (bicyclic) bond motifs is 1. The van der Waals surface area contributed by atoms with Crippen LogP contribution in [0.4, 0.5) is 0 Å². The van der Waals surface area contributed by atoms with Crippen LogP contribution in [0.2, 0.25) is 0 Å². The Hall–Kier alpha value is -4.10. The number of allylic oxidation sites excluding steroid dienone is 2. The fourth-order valence-corrected chi connectivity index (χ4v) is 11.0. The summed E-state index contributed by atoms with van der Waals surface area (Å²) in [6.45, 7) is 0. The molecule has 0 fully saturated rings. The lowest BCUT2D eigenvalue weighted by Crippen LogP contribution is -1.72. The SMILES string of the molecule is N#CC(C#N)=Cc1ccc(-c2sc3c(-c4cccs4)c(-c4ccc(C=C(C#N)C#N)s4)sc3c2-c2cccs2)s1. The quantitative estimate of drug-likeness (QED) is 0.173. The maximum absolute atomic E-state index is 9.20. The van der Waals surface area contributed by atoms with E-state index >= 15 is 0 Å². The Bertz CT molecular complexity index is 1910. The summed E-state index contributed by atoms with van der Waals surface area (Å²) in [5.74, 6) is 0. The first-order chi connectivity index (χ1) is 19.6. The fraction of sp³-hybridized carbons (Fsp3) is 0. The number of nitrogens with zero attached hydrogens (tertiary/aromatic N) is 4. The molecule has 0 bridgehead atoms. The van der Waals surface area contributed by atoms with Crippen LogP contribution in [0.1, 0.15) is 9.75 Å². The van der Waals surface area contributed by atoms with Crippen molar-refractivity contribution in [3.8, 4) is 64.7 Å². The molecule has 6 rings (SSSR count). The van der Waals surface area contributed by atoms with Gasteiger partial charge in [0.25, 0.3) is 0 Å². The summed E-state index contributed by atoms with van der Waals surface area (Å²) in [7, 11) is 0. The van der Waals surface area contributed by atoms with Gasteiger partial charge in [-0.2, -0.15) is 21.0 Å². The highest BCUT2D eigenvalue weighted by atomic mass is 32.1. The molecule has 10 heteroatoms. The summed E-state index contributed by atoms with van der Waals surface area (Å²) in [5.41, 5.74) is 2.58. The van der Waals surface area contributed by atoms with E-state index in [9.17, 15) is 21.0 Å². The third-order valence-electron chi connectivity index (χ3n) is 5.81. The van der Waals surface area contributed by atoms with Crippen LogP contribution in [0.15, 0.2) is 70.4 Å². The van der Waals surface area contributed by atoms with E-state index < -0.39 is 0 Å². The number of thiophene rings is 6. The molecule has 0 aromatic carbocycles. The maximum atomic E-state index is 9.20. The molecule has 0 unspecified atom stereocenters. The van der Waals surface area contributed by atoms with Gasteiger partial charge in [0, 0.05) is 40.4 Å². The number of hydrogen-bond acceptors (Lipinski definition) is 10. The monoisotopic (exact) mass is 620 g/mol. The van der Waals surface area contributed by atoms with Crippen molar-refractivity contribution in [1.82, 2.24) is 0 Å². The van der Waals surface area contributed by atoms with Crippen LogP contribution in [0, 0.1) is 45.3 Å². The van der Waals surface area contributed by atoms with Crippen LogP contribution in [0.5, 0.6) is 0 Å². The van der Waals surface area contributed by atoms with Crippen molar-refractivity contribution >= 4 is 89.6 Å². The van der Waals surface area contributed by atoms with Crippen LogP contribution < -0.4 is 0 Å². The van der Waals surface area contributed by atoms with Gasteiger partial charge in [0.05, 0.1) is 19.2 Å². The van der Waals surface area contributed by atoms with Crippen molar-refractivity contribution in [3.05, 3.63) is 80.2 Å². The molecule has 4 nitrogen and oxygen atoms in total. The van der Waals surface area contributed by atoms with Gasteiger partial charge in [-0.1, -0.05) is 12.1 Å². The Balaban J connectivity index is 1.58. The predicted octanol–water partition coefficient (Wildman–Crippen LogP) is 10.7. The first-order valence-corrected chi connectivity index (χ1v) is 16.6. The van der Waals surface area contributed by atoms with Gasteiger partial charge in [0.2, 0.25) is 0 Å². The highest BCUT2D eigenvalue weighted by Crippen LogP contribution is 2.57. The summed E-state index contributed by atoms with van der Waals surface area (Å²) in [4.78, 5) is 8.67. The van der Waals surface area contributed by atoms with Crippen LogP contribution in [0.3, 0.4) is 0 Å². The molecule has 0 aliphatic carbocycles. The molecule has 6 aromatic rings. The van der Waals surface area contributed by atoms with Gasteiger partial charge in [-0.3, -0.25) is 0 Å². The van der Waals surface area contributed by atoms with Gasteiger partial charge in [-0.25, -0.2) is 0 Å². The minimum atomic E-state index is 0.0884. The van der Waals surface area contributed by atoms with E-state index in [0.717, 1.165) is 19.5 Å².